The molecule has 0 radical (unpaired) electrons. The summed E-state index contributed by atoms with van der Waals surface area (Å²) in [5, 5.41) is 21.4. The van der Waals surface area contributed by atoms with E-state index in [1.807, 2.05) is 0 Å². The third-order valence-corrected chi connectivity index (χ3v) is 3.70. The Hall–Kier alpha value is -2.24. The van der Waals surface area contributed by atoms with Gasteiger partial charge in [-0.25, -0.2) is 0 Å². The molecule has 1 aliphatic heterocycles. The Bertz CT molecular complexity index is 542. The number of rotatable bonds is 2. The molecule has 1 aromatic carbocycles. The number of hydrogen-bond donors (Lipinski definition) is 3. The number of aryl methyl sites for hydroxylation is 1. The third kappa shape index (κ3) is 2.84. The van der Waals surface area contributed by atoms with Crippen LogP contribution >= 0.6 is 0 Å². The first-order chi connectivity index (χ1) is 9.52. The fourth-order valence-electron chi connectivity index (χ4n) is 2.41. The first-order valence-electron chi connectivity index (χ1n) is 6.59. The van der Waals surface area contributed by atoms with Gasteiger partial charge in [-0.3, -0.25) is 4.79 Å². The van der Waals surface area contributed by atoms with Crippen LogP contribution in [0.5, 0.6) is 5.75 Å². The van der Waals surface area contributed by atoms with Gasteiger partial charge in [-0.1, -0.05) is 11.2 Å². The molecule has 0 bridgehead atoms. The Morgan fingerprint density at radius 2 is 2.25 bits per heavy atom. The second-order valence-corrected chi connectivity index (χ2v) is 5.12. The molecule has 108 valence electrons. The van der Waals surface area contributed by atoms with E-state index in [-0.39, 0.29) is 23.4 Å². The first kappa shape index (κ1) is 14.2. The highest BCUT2D eigenvalue weighted by molar-refractivity contribution is 5.95. The van der Waals surface area contributed by atoms with Crippen molar-refractivity contribution in [2.24, 2.45) is 16.8 Å². The quantitative estimate of drug-likeness (QED) is 0.328. The monoisotopic (exact) mass is 277 g/mol. The lowest BCUT2D eigenvalue weighted by molar-refractivity contribution is 0.0701. The summed E-state index contributed by atoms with van der Waals surface area (Å²) in [5.41, 5.74) is 6.80. The minimum atomic E-state index is -0.143. The zero-order chi connectivity index (χ0) is 14.7. The van der Waals surface area contributed by atoms with Crippen LogP contribution < -0.4 is 5.73 Å². The molecule has 2 rings (SSSR count). The highest BCUT2D eigenvalue weighted by Crippen LogP contribution is 2.22. The maximum Gasteiger partial charge on any atom is 0.254 e. The molecule has 1 unspecified atom stereocenters. The molecule has 1 aromatic rings. The van der Waals surface area contributed by atoms with Crippen molar-refractivity contribution in [3.63, 3.8) is 0 Å². The smallest absolute Gasteiger partial charge is 0.254 e. The van der Waals surface area contributed by atoms with E-state index in [1.54, 1.807) is 24.0 Å². The van der Waals surface area contributed by atoms with Crippen molar-refractivity contribution in [1.29, 1.82) is 0 Å². The van der Waals surface area contributed by atoms with Gasteiger partial charge in [-0.15, -0.1) is 0 Å². The molecule has 0 aromatic heterocycles. The molecule has 1 fully saturated rings. The van der Waals surface area contributed by atoms with E-state index >= 15 is 0 Å². The van der Waals surface area contributed by atoms with Crippen LogP contribution in [0, 0.1) is 12.8 Å². The summed E-state index contributed by atoms with van der Waals surface area (Å²) in [6, 6.07) is 4.89. The molecular weight excluding hydrogens is 258 g/mol. The number of phenolic OH excluding ortho intramolecular Hbond substituents is 1. The topological polar surface area (TPSA) is 99.2 Å². The van der Waals surface area contributed by atoms with Crippen LogP contribution in [0.2, 0.25) is 0 Å². The number of benzene rings is 1. The molecule has 1 aliphatic rings. The molecule has 1 saturated heterocycles. The molecule has 6 heteroatoms. The number of carbonyl (C=O) groups excluding carboxylic acids is 1. The number of carbonyl (C=O) groups is 1. The number of phenols is 1. The van der Waals surface area contributed by atoms with E-state index in [1.165, 1.54) is 6.07 Å². The summed E-state index contributed by atoms with van der Waals surface area (Å²) < 4.78 is 0. The molecule has 4 N–H and O–H groups in total. The fraction of sp³-hybridized carbons (Fsp3) is 0.429. The Balaban J connectivity index is 2.14. The third-order valence-electron chi connectivity index (χ3n) is 3.70. The van der Waals surface area contributed by atoms with Gasteiger partial charge in [0.25, 0.3) is 5.91 Å². The zero-order valence-corrected chi connectivity index (χ0v) is 11.4. The summed E-state index contributed by atoms with van der Waals surface area (Å²) in [6.07, 6.45) is 1.61. The summed E-state index contributed by atoms with van der Waals surface area (Å²) in [4.78, 5) is 14.1. The second kappa shape index (κ2) is 5.81. The van der Waals surface area contributed by atoms with E-state index in [4.69, 9.17) is 10.9 Å². The molecular formula is C14H19N3O3. The van der Waals surface area contributed by atoms with E-state index < -0.39 is 0 Å². The molecule has 20 heavy (non-hydrogen) atoms. The Morgan fingerprint density at radius 3 is 2.90 bits per heavy atom. The highest BCUT2D eigenvalue weighted by Gasteiger charge is 2.27. The highest BCUT2D eigenvalue weighted by atomic mass is 16.4. The summed E-state index contributed by atoms with van der Waals surface area (Å²) >= 11 is 0. The number of nitrogens with two attached hydrogens (primary N) is 1. The number of amides is 1. The van der Waals surface area contributed by atoms with Crippen LogP contribution in [-0.2, 0) is 0 Å². The van der Waals surface area contributed by atoms with Gasteiger partial charge in [-0.2, -0.15) is 0 Å². The lowest BCUT2D eigenvalue weighted by Gasteiger charge is -2.32. The maximum atomic E-state index is 12.4. The first-order valence-corrected chi connectivity index (χ1v) is 6.59. The SMILES string of the molecule is Cc1ccc(C(=O)N2CCCC(C(N)=NO)C2)cc1O. The second-order valence-electron chi connectivity index (χ2n) is 5.12. The number of nitrogens with zero attached hydrogens (tertiary/aromatic N) is 2. The Kier molecular flexibility index (Phi) is 4.12. The van der Waals surface area contributed by atoms with Gasteiger partial charge >= 0.3 is 0 Å². The largest absolute Gasteiger partial charge is 0.508 e. The molecule has 6 nitrogen and oxygen atoms in total. The van der Waals surface area contributed by atoms with E-state index in [0.29, 0.717) is 18.7 Å². The van der Waals surface area contributed by atoms with Gasteiger partial charge in [0.2, 0.25) is 0 Å². The Morgan fingerprint density at radius 1 is 1.50 bits per heavy atom. The average molecular weight is 277 g/mol. The zero-order valence-electron chi connectivity index (χ0n) is 11.4. The summed E-state index contributed by atoms with van der Waals surface area (Å²) in [7, 11) is 0. The van der Waals surface area contributed by atoms with Gasteiger partial charge in [0.05, 0.1) is 0 Å². The van der Waals surface area contributed by atoms with E-state index in [2.05, 4.69) is 5.16 Å². The molecule has 1 amide bonds. The number of piperidine rings is 1. The number of hydrogen-bond acceptors (Lipinski definition) is 4. The van der Waals surface area contributed by atoms with Crippen molar-refractivity contribution in [1.82, 2.24) is 4.90 Å². The summed E-state index contributed by atoms with van der Waals surface area (Å²) in [6.45, 7) is 2.85. The summed E-state index contributed by atoms with van der Waals surface area (Å²) in [5.74, 6) is 0.0163. The van der Waals surface area contributed by atoms with Crippen LogP contribution in [0.4, 0.5) is 0 Å². The lowest BCUT2D eigenvalue weighted by atomic mass is 9.96. The molecule has 0 saturated carbocycles. The predicted octanol–water partition coefficient (Wildman–Crippen LogP) is 1.30. The standard InChI is InChI=1S/C14H19N3O3/c1-9-4-5-10(7-12(9)18)14(19)17-6-2-3-11(8-17)13(15)16-20/h4-5,7,11,18,20H,2-3,6,8H2,1H3,(H2,15,16). The number of likely N-dealkylation sites (tertiary alicyclic amines) is 1. The van der Waals surface area contributed by atoms with Gasteiger partial charge in [-0.05, 0) is 37.5 Å². The number of aromatic hydroxyl groups is 1. The molecule has 1 atom stereocenters. The van der Waals surface area contributed by atoms with Crippen molar-refractivity contribution in [2.75, 3.05) is 13.1 Å². The number of oxime groups is 1. The molecule has 0 aliphatic carbocycles. The fourth-order valence-corrected chi connectivity index (χ4v) is 2.41. The Labute approximate surface area is 117 Å². The maximum absolute atomic E-state index is 12.4. The minimum absolute atomic E-state index is 0.112. The van der Waals surface area contributed by atoms with Crippen molar-refractivity contribution < 1.29 is 15.1 Å². The van der Waals surface area contributed by atoms with Crippen LogP contribution in [-0.4, -0.2) is 40.0 Å². The average Bonchev–Trinajstić information content (AvgIpc) is 2.48. The van der Waals surface area contributed by atoms with Crippen LogP contribution in [0.1, 0.15) is 28.8 Å². The van der Waals surface area contributed by atoms with Gasteiger partial charge < -0.3 is 20.9 Å². The van der Waals surface area contributed by atoms with Crippen molar-refractivity contribution in [3.8, 4) is 5.75 Å². The van der Waals surface area contributed by atoms with E-state index in [9.17, 15) is 9.90 Å². The lowest BCUT2D eigenvalue weighted by Crippen LogP contribution is -2.44. The normalized spacial score (nSPS) is 19.9. The van der Waals surface area contributed by atoms with E-state index in [0.717, 1.165) is 18.4 Å². The molecule has 1 heterocycles. The van der Waals surface area contributed by atoms with Crippen molar-refractivity contribution in [2.45, 2.75) is 19.8 Å². The van der Waals surface area contributed by atoms with Crippen LogP contribution in [0.25, 0.3) is 0 Å². The van der Waals surface area contributed by atoms with Crippen LogP contribution in [0.3, 0.4) is 0 Å². The van der Waals surface area contributed by atoms with Crippen molar-refractivity contribution >= 4 is 11.7 Å². The number of amidine groups is 1. The van der Waals surface area contributed by atoms with Gasteiger partial charge in [0.1, 0.15) is 11.6 Å². The van der Waals surface area contributed by atoms with Crippen molar-refractivity contribution in [3.05, 3.63) is 29.3 Å². The van der Waals surface area contributed by atoms with Crippen LogP contribution in [0.15, 0.2) is 23.4 Å². The predicted molar refractivity (Wildman–Crippen MR) is 74.9 cm³/mol. The molecule has 0 spiro atoms. The van der Waals surface area contributed by atoms with Gasteiger partial charge in [0.15, 0.2) is 0 Å². The van der Waals surface area contributed by atoms with Gasteiger partial charge in [0, 0.05) is 24.6 Å². The minimum Gasteiger partial charge on any atom is -0.508 e.